The highest BCUT2D eigenvalue weighted by molar-refractivity contribution is 7.21. The van der Waals surface area contributed by atoms with Gasteiger partial charge in [-0.25, -0.2) is 4.98 Å². The maximum Gasteiger partial charge on any atom is 0.164 e. The van der Waals surface area contributed by atoms with Crippen molar-refractivity contribution in [1.29, 1.82) is 0 Å². The van der Waals surface area contributed by atoms with Gasteiger partial charge in [0.25, 0.3) is 0 Å². The molecule has 20 heavy (non-hydrogen) atoms. The summed E-state index contributed by atoms with van der Waals surface area (Å²) in [5, 5.41) is 0.882. The first kappa shape index (κ1) is 13.0. The Morgan fingerprint density at radius 1 is 1.10 bits per heavy atom. The van der Waals surface area contributed by atoms with Gasteiger partial charge in [-0.2, -0.15) is 0 Å². The Morgan fingerprint density at radius 2 is 1.85 bits per heavy atom. The smallest absolute Gasteiger partial charge is 0.164 e. The molecule has 0 bridgehead atoms. The first-order chi connectivity index (χ1) is 9.79. The van der Waals surface area contributed by atoms with E-state index in [4.69, 9.17) is 5.73 Å². The monoisotopic (exact) mass is 282 g/mol. The van der Waals surface area contributed by atoms with Gasteiger partial charge in [0.2, 0.25) is 0 Å². The van der Waals surface area contributed by atoms with E-state index >= 15 is 0 Å². The normalized spacial score (nSPS) is 10.8. The summed E-state index contributed by atoms with van der Waals surface area (Å²) in [7, 11) is 0. The number of benzene rings is 2. The molecule has 0 radical (unpaired) electrons. The van der Waals surface area contributed by atoms with Crippen LogP contribution in [0.4, 0.5) is 0 Å². The topological polar surface area (TPSA) is 56.0 Å². The molecular weight excluding hydrogens is 268 g/mol. The number of fused-ring (bicyclic) bond motifs is 1. The van der Waals surface area contributed by atoms with Crippen LogP contribution in [0, 0.1) is 0 Å². The zero-order valence-corrected chi connectivity index (χ0v) is 11.7. The molecule has 0 aliphatic carbocycles. The number of hydrogen-bond acceptors (Lipinski definition) is 4. The Kier molecular flexibility index (Phi) is 3.58. The zero-order chi connectivity index (χ0) is 13.9. The molecule has 3 rings (SSSR count). The van der Waals surface area contributed by atoms with Crippen LogP contribution in [-0.2, 0) is 0 Å². The fourth-order valence-corrected chi connectivity index (χ4v) is 3.17. The van der Waals surface area contributed by atoms with Gasteiger partial charge >= 0.3 is 0 Å². The van der Waals surface area contributed by atoms with Crippen molar-refractivity contribution >= 4 is 27.3 Å². The number of Topliss-reactive ketones (excluding diaryl/α,β-unsaturated/α-hetero) is 1. The maximum absolute atomic E-state index is 12.2. The number of carbonyl (C=O) groups excluding carboxylic acids is 1. The molecule has 3 nitrogen and oxygen atoms in total. The third-order valence-electron chi connectivity index (χ3n) is 3.12. The molecule has 0 aliphatic rings. The van der Waals surface area contributed by atoms with Crippen LogP contribution in [0.1, 0.15) is 16.8 Å². The fourth-order valence-electron chi connectivity index (χ4n) is 2.17. The van der Waals surface area contributed by atoms with E-state index in [1.54, 1.807) is 11.3 Å². The van der Waals surface area contributed by atoms with Crippen molar-refractivity contribution in [3.05, 3.63) is 54.1 Å². The number of nitrogens with two attached hydrogens (primary N) is 1. The Hall–Kier alpha value is -2.04. The molecule has 2 aromatic carbocycles. The van der Waals surface area contributed by atoms with Crippen LogP contribution in [-0.4, -0.2) is 17.3 Å². The molecule has 0 fully saturated rings. The molecule has 0 amide bonds. The highest BCUT2D eigenvalue weighted by atomic mass is 32.1. The number of hydrogen-bond donors (Lipinski definition) is 1. The van der Waals surface area contributed by atoms with Crippen molar-refractivity contribution in [2.75, 3.05) is 6.54 Å². The van der Waals surface area contributed by atoms with Crippen molar-refractivity contribution in [2.24, 2.45) is 5.73 Å². The molecule has 0 saturated carbocycles. The summed E-state index contributed by atoms with van der Waals surface area (Å²) in [5.74, 6) is 0.0716. The number of nitrogens with zero attached hydrogens (tertiary/aromatic N) is 1. The van der Waals surface area contributed by atoms with E-state index in [1.807, 2.05) is 48.5 Å². The molecule has 100 valence electrons. The molecule has 1 aromatic heterocycles. The number of aromatic nitrogens is 1. The van der Waals surface area contributed by atoms with E-state index in [0.717, 1.165) is 20.8 Å². The Bertz CT molecular complexity index is 731. The van der Waals surface area contributed by atoms with Crippen molar-refractivity contribution in [3.63, 3.8) is 0 Å². The summed E-state index contributed by atoms with van der Waals surface area (Å²) in [5.41, 5.74) is 8.05. The summed E-state index contributed by atoms with van der Waals surface area (Å²) < 4.78 is 1.13. The number of carbonyl (C=O) groups is 1. The Morgan fingerprint density at radius 3 is 2.65 bits per heavy atom. The average molecular weight is 282 g/mol. The number of ketones is 1. The minimum atomic E-state index is 0.0716. The van der Waals surface area contributed by atoms with Gasteiger partial charge in [0, 0.05) is 17.5 Å². The van der Waals surface area contributed by atoms with Gasteiger partial charge in [0.15, 0.2) is 5.78 Å². The Balaban J connectivity index is 2.11. The SMILES string of the molecule is NCCC(=O)c1ccccc1-c1nc2ccccc2s1. The van der Waals surface area contributed by atoms with E-state index in [2.05, 4.69) is 4.98 Å². The van der Waals surface area contributed by atoms with Gasteiger partial charge in [-0.1, -0.05) is 36.4 Å². The van der Waals surface area contributed by atoms with E-state index in [1.165, 1.54) is 0 Å². The molecule has 4 heteroatoms. The molecule has 0 spiro atoms. The average Bonchev–Trinajstić information content (AvgIpc) is 2.91. The van der Waals surface area contributed by atoms with Crippen LogP contribution in [0.15, 0.2) is 48.5 Å². The summed E-state index contributed by atoms with van der Waals surface area (Å²) in [6, 6.07) is 15.6. The van der Waals surface area contributed by atoms with Gasteiger partial charge in [0.1, 0.15) is 5.01 Å². The van der Waals surface area contributed by atoms with E-state index in [-0.39, 0.29) is 5.78 Å². The van der Waals surface area contributed by atoms with Crippen molar-refractivity contribution in [2.45, 2.75) is 6.42 Å². The predicted molar refractivity (Wildman–Crippen MR) is 83.1 cm³/mol. The summed E-state index contributed by atoms with van der Waals surface area (Å²) >= 11 is 1.61. The quantitative estimate of drug-likeness (QED) is 0.745. The minimum Gasteiger partial charge on any atom is -0.330 e. The molecule has 3 aromatic rings. The number of rotatable bonds is 4. The molecule has 0 atom stereocenters. The largest absolute Gasteiger partial charge is 0.330 e. The zero-order valence-electron chi connectivity index (χ0n) is 10.9. The molecular formula is C16H14N2OS. The first-order valence-corrected chi connectivity index (χ1v) is 7.29. The summed E-state index contributed by atoms with van der Waals surface area (Å²) in [6.07, 6.45) is 0.363. The molecule has 0 aliphatic heterocycles. The highest BCUT2D eigenvalue weighted by Gasteiger charge is 2.14. The van der Waals surface area contributed by atoms with Crippen LogP contribution >= 0.6 is 11.3 Å². The van der Waals surface area contributed by atoms with E-state index in [9.17, 15) is 4.79 Å². The van der Waals surface area contributed by atoms with Gasteiger partial charge < -0.3 is 5.73 Å². The van der Waals surface area contributed by atoms with Crippen LogP contribution in [0.5, 0.6) is 0 Å². The van der Waals surface area contributed by atoms with Crippen LogP contribution in [0.2, 0.25) is 0 Å². The maximum atomic E-state index is 12.2. The third-order valence-corrected chi connectivity index (χ3v) is 4.19. The molecule has 2 N–H and O–H groups in total. The van der Waals surface area contributed by atoms with Gasteiger partial charge in [0.05, 0.1) is 10.2 Å². The summed E-state index contributed by atoms with van der Waals surface area (Å²) in [4.78, 5) is 16.8. The third kappa shape index (κ3) is 2.35. The molecule has 1 heterocycles. The lowest BCUT2D eigenvalue weighted by Crippen LogP contribution is -2.09. The van der Waals surface area contributed by atoms with Crippen molar-refractivity contribution in [3.8, 4) is 10.6 Å². The highest BCUT2D eigenvalue weighted by Crippen LogP contribution is 2.32. The predicted octanol–water partition coefficient (Wildman–Crippen LogP) is 3.49. The van der Waals surface area contributed by atoms with E-state index < -0.39 is 0 Å². The standard InChI is InChI=1S/C16H14N2OS/c17-10-9-14(19)11-5-1-2-6-12(11)16-18-13-7-3-4-8-15(13)20-16/h1-8H,9-10,17H2. The van der Waals surface area contributed by atoms with Gasteiger partial charge in [-0.3, -0.25) is 4.79 Å². The summed E-state index contributed by atoms with van der Waals surface area (Å²) in [6.45, 7) is 0.368. The lowest BCUT2D eigenvalue weighted by atomic mass is 10.0. The second-order valence-corrected chi connectivity index (χ2v) is 5.52. The second kappa shape index (κ2) is 5.53. The van der Waals surface area contributed by atoms with Gasteiger partial charge in [-0.05, 0) is 18.7 Å². The van der Waals surface area contributed by atoms with Crippen LogP contribution < -0.4 is 5.73 Å². The lowest BCUT2D eigenvalue weighted by molar-refractivity contribution is 0.0986. The molecule has 0 unspecified atom stereocenters. The van der Waals surface area contributed by atoms with E-state index in [0.29, 0.717) is 18.5 Å². The lowest BCUT2D eigenvalue weighted by Gasteiger charge is -2.05. The Labute approximate surface area is 121 Å². The minimum absolute atomic E-state index is 0.0716. The second-order valence-electron chi connectivity index (χ2n) is 4.49. The van der Waals surface area contributed by atoms with Crippen LogP contribution in [0.3, 0.4) is 0 Å². The molecule has 0 saturated heterocycles. The number of para-hydroxylation sites is 1. The van der Waals surface area contributed by atoms with Crippen molar-refractivity contribution < 1.29 is 4.79 Å². The fraction of sp³-hybridized carbons (Fsp3) is 0.125. The number of thiazole rings is 1. The van der Waals surface area contributed by atoms with Gasteiger partial charge in [-0.15, -0.1) is 11.3 Å². The van der Waals surface area contributed by atoms with Crippen LogP contribution in [0.25, 0.3) is 20.8 Å². The first-order valence-electron chi connectivity index (χ1n) is 6.48. The van der Waals surface area contributed by atoms with Crippen molar-refractivity contribution in [1.82, 2.24) is 4.98 Å².